The molecule has 2 rings (SSSR count). The highest BCUT2D eigenvalue weighted by molar-refractivity contribution is 5.72. The van der Waals surface area contributed by atoms with Crippen molar-refractivity contribution in [3.8, 4) is 0 Å². The fourth-order valence-corrected chi connectivity index (χ4v) is 1.97. The van der Waals surface area contributed by atoms with Gasteiger partial charge in [0.25, 0.3) is 0 Å². The normalized spacial score (nSPS) is 36.3. The zero-order valence-corrected chi connectivity index (χ0v) is 6.90. The Bertz CT molecular complexity index is 195. The Kier molecular flexibility index (Phi) is 2.02. The summed E-state index contributed by atoms with van der Waals surface area (Å²) in [7, 11) is 0. The summed E-state index contributed by atoms with van der Waals surface area (Å²) < 4.78 is 5.21. The van der Waals surface area contributed by atoms with E-state index >= 15 is 0 Å². The molecule has 4 nitrogen and oxygen atoms in total. The van der Waals surface area contributed by atoms with E-state index in [9.17, 15) is 4.79 Å². The van der Waals surface area contributed by atoms with E-state index in [4.69, 9.17) is 9.84 Å². The number of fused-ring (bicyclic) bond motifs is 1. The molecule has 0 spiro atoms. The molecule has 2 fully saturated rings. The molecule has 0 aromatic heterocycles. The first-order valence-electron chi connectivity index (χ1n) is 4.36. The molecule has 0 unspecified atom stereocenters. The van der Waals surface area contributed by atoms with Crippen molar-refractivity contribution < 1.29 is 14.6 Å². The van der Waals surface area contributed by atoms with Crippen LogP contribution in [0.3, 0.4) is 0 Å². The van der Waals surface area contributed by atoms with Crippen LogP contribution in [0.4, 0.5) is 0 Å². The van der Waals surface area contributed by atoms with Crippen molar-refractivity contribution in [2.24, 2.45) is 0 Å². The zero-order chi connectivity index (χ0) is 8.55. The quantitative estimate of drug-likeness (QED) is 0.600. The van der Waals surface area contributed by atoms with Crippen LogP contribution in [-0.2, 0) is 9.53 Å². The molecule has 0 saturated carbocycles. The topological polar surface area (TPSA) is 49.8 Å². The first-order chi connectivity index (χ1) is 5.77. The van der Waals surface area contributed by atoms with Crippen molar-refractivity contribution in [3.63, 3.8) is 0 Å². The molecule has 2 atom stereocenters. The molecule has 12 heavy (non-hydrogen) atoms. The Morgan fingerprint density at radius 3 is 3.17 bits per heavy atom. The maximum atomic E-state index is 10.6. The van der Waals surface area contributed by atoms with E-state index in [1.807, 2.05) is 0 Å². The number of nitrogens with zero attached hydrogens (tertiary/aromatic N) is 1. The molecular formula is C8H13NO3. The van der Waals surface area contributed by atoms with E-state index in [-0.39, 0.29) is 0 Å². The lowest BCUT2D eigenvalue weighted by Crippen LogP contribution is -2.48. The van der Waals surface area contributed by atoms with Gasteiger partial charge in [-0.1, -0.05) is 0 Å². The summed E-state index contributed by atoms with van der Waals surface area (Å²) in [5.41, 5.74) is 0. The van der Waals surface area contributed by atoms with Gasteiger partial charge in [-0.3, -0.25) is 4.90 Å². The van der Waals surface area contributed by atoms with Crippen LogP contribution >= 0.6 is 0 Å². The van der Waals surface area contributed by atoms with Gasteiger partial charge in [0.1, 0.15) is 0 Å². The highest BCUT2D eigenvalue weighted by Crippen LogP contribution is 2.22. The number of carboxylic acid groups (broad SMARTS) is 1. The molecule has 0 aromatic carbocycles. The Morgan fingerprint density at radius 1 is 1.58 bits per heavy atom. The molecule has 2 aliphatic heterocycles. The number of hydrogen-bond acceptors (Lipinski definition) is 3. The highest BCUT2D eigenvalue weighted by Gasteiger charge is 2.34. The van der Waals surface area contributed by atoms with Crippen LogP contribution in [0.25, 0.3) is 0 Å². The van der Waals surface area contributed by atoms with Gasteiger partial charge < -0.3 is 9.84 Å². The van der Waals surface area contributed by atoms with Gasteiger partial charge in [-0.2, -0.15) is 0 Å². The number of rotatable bonds is 1. The first-order valence-corrected chi connectivity index (χ1v) is 4.36. The summed E-state index contributed by atoms with van der Waals surface area (Å²) in [5.74, 6) is -0.833. The van der Waals surface area contributed by atoms with E-state index in [2.05, 4.69) is 4.90 Å². The smallest absolute Gasteiger partial charge is 0.334 e. The standard InChI is InChI=1S/C8H13NO3/c10-8(11)7-4-9-3-1-2-6(9)5-12-7/h6-7H,1-5H2,(H,10,11)/t6-,7-/m1/s1. The molecule has 0 radical (unpaired) electrons. The lowest BCUT2D eigenvalue weighted by molar-refractivity contribution is -0.158. The number of carbonyl (C=O) groups is 1. The van der Waals surface area contributed by atoms with Crippen LogP contribution in [-0.4, -0.2) is 47.8 Å². The van der Waals surface area contributed by atoms with Gasteiger partial charge in [0.2, 0.25) is 0 Å². The summed E-state index contributed by atoms with van der Waals surface area (Å²) in [6.45, 7) is 2.20. The minimum Gasteiger partial charge on any atom is -0.479 e. The number of aliphatic carboxylic acids is 1. The molecule has 0 bridgehead atoms. The van der Waals surface area contributed by atoms with Crippen molar-refractivity contribution in [1.29, 1.82) is 0 Å². The third-order valence-corrected chi connectivity index (χ3v) is 2.66. The lowest BCUT2D eigenvalue weighted by atomic mass is 10.2. The fourth-order valence-electron chi connectivity index (χ4n) is 1.97. The van der Waals surface area contributed by atoms with Crippen LogP contribution in [0, 0.1) is 0 Å². The molecule has 0 amide bonds. The van der Waals surface area contributed by atoms with Crippen LogP contribution in [0.15, 0.2) is 0 Å². The Morgan fingerprint density at radius 2 is 2.42 bits per heavy atom. The van der Waals surface area contributed by atoms with Gasteiger partial charge >= 0.3 is 5.97 Å². The van der Waals surface area contributed by atoms with Crippen LogP contribution in [0.1, 0.15) is 12.8 Å². The Labute approximate surface area is 71.1 Å². The monoisotopic (exact) mass is 171 g/mol. The SMILES string of the molecule is O=C(O)[C@H]1CN2CCC[C@@H]2CO1. The molecule has 2 heterocycles. The third-order valence-electron chi connectivity index (χ3n) is 2.66. The molecule has 2 saturated heterocycles. The van der Waals surface area contributed by atoms with Crippen molar-refractivity contribution >= 4 is 5.97 Å². The van der Waals surface area contributed by atoms with E-state index < -0.39 is 12.1 Å². The Balaban J connectivity index is 1.96. The Hall–Kier alpha value is -0.610. The number of hydrogen-bond donors (Lipinski definition) is 1. The summed E-state index contributed by atoms with van der Waals surface area (Å²) in [6, 6.07) is 0.487. The minimum absolute atomic E-state index is 0.487. The van der Waals surface area contributed by atoms with Crippen LogP contribution < -0.4 is 0 Å². The highest BCUT2D eigenvalue weighted by atomic mass is 16.5. The van der Waals surface area contributed by atoms with Crippen molar-refractivity contribution in [1.82, 2.24) is 4.90 Å². The van der Waals surface area contributed by atoms with Gasteiger partial charge in [0, 0.05) is 12.6 Å². The molecule has 68 valence electrons. The van der Waals surface area contributed by atoms with E-state index in [0.717, 1.165) is 13.0 Å². The lowest BCUT2D eigenvalue weighted by Gasteiger charge is -2.32. The summed E-state index contributed by atoms with van der Waals surface area (Å²) >= 11 is 0. The number of morpholine rings is 1. The minimum atomic E-state index is -0.833. The van der Waals surface area contributed by atoms with E-state index in [1.54, 1.807) is 0 Å². The molecule has 2 aliphatic rings. The zero-order valence-electron chi connectivity index (χ0n) is 6.90. The molecule has 0 aliphatic carbocycles. The number of ether oxygens (including phenoxy) is 1. The van der Waals surface area contributed by atoms with E-state index in [0.29, 0.717) is 19.2 Å². The van der Waals surface area contributed by atoms with Gasteiger partial charge in [-0.15, -0.1) is 0 Å². The average Bonchev–Trinajstić information content (AvgIpc) is 2.49. The second kappa shape index (κ2) is 3.03. The molecule has 1 N–H and O–H groups in total. The second-order valence-electron chi connectivity index (χ2n) is 3.45. The summed E-state index contributed by atoms with van der Waals surface area (Å²) in [6.07, 6.45) is 1.74. The van der Waals surface area contributed by atoms with Gasteiger partial charge in [0.05, 0.1) is 6.61 Å². The van der Waals surface area contributed by atoms with Crippen LogP contribution in [0.2, 0.25) is 0 Å². The molecule has 4 heteroatoms. The maximum absolute atomic E-state index is 10.6. The maximum Gasteiger partial charge on any atom is 0.334 e. The largest absolute Gasteiger partial charge is 0.479 e. The predicted octanol–water partition coefficient (Wildman–Crippen LogP) is -0.0658. The van der Waals surface area contributed by atoms with Crippen molar-refractivity contribution in [3.05, 3.63) is 0 Å². The number of carboxylic acids is 1. The summed E-state index contributed by atoms with van der Waals surface area (Å²) in [4.78, 5) is 12.8. The van der Waals surface area contributed by atoms with Crippen molar-refractivity contribution in [2.75, 3.05) is 19.7 Å². The van der Waals surface area contributed by atoms with Gasteiger partial charge in [-0.05, 0) is 19.4 Å². The third kappa shape index (κ3) is 1.32. The summed E-state index contributed by atoms with van der Waals surface area (Å²) in [5, 5.41) is 8.71. The van der Waals surface area contributed by atoms with E-state index in [1.165, 1.54) is 6.42 Å². The average molecular weight is 171 g/mol. The fraction of sp³-hybridized carbons (Fsp3) is 0.875. The van der Waals surface area contributed by atoms with Crippen LogP contribution in [0.5, 0.6) is 0 Å². The van der Waals surface area contributed by atoms with Gasteiger partial charge in [0.15, 0.2) is 6.10 Å². The molecule has 0 aromatic rings. The molecular weight excluding hydrogens is 158 g/mol. The predicted molar refractivity (Wildman–Crippen MR) is 42.0 cm³/mol. The van der Waals surface area contributed by atoms with Crippen molar-refractivity contribution in [2.45, 2.75) is 25.0 Å². The first kappa shape index (κ1) is 8.01. The van der Waals surface area contributed by atoms with Gasteiger partial charge in [-0.25, -0.2) is 4.79 Å². The second-order valence-corrected chi connectivity index (χ2v) is 3.45.